The van der Waals surface area contributed by atoms with Gasteiger partial charge in [0, 0.05) is 30.3 Å². The van der Waals surface area contributed by atoms with Crippen LogP contribution in [-0.4, -0.2) is 43.0 Å². The van der Waals surface area contributed by atoms with Gasteiger partial charge in [-0.05, 0) is 49.2 Å². The topological polar surface area (TPSA) is 58.6 Å². The number of hydrogen-bond donors (Lipinski definition) is 1. The molecule has 2 aromatic carbocycles. The van der Waals surface area contributed by atoms with Gasteiger partial charge < -0.3 is 15.0 Å². The van der Waals surface area contributed by atoms with Crippen molar-refractivity contribution in [3.05, 3.63) is 65.5 Å². The van der Waals surface area contributed by atoms with Crippen LogP contribution in [0.4, 0.5) is 4.39 Å². The third-order valence-electron chi connectivity index (χ3n) is 4.52. The molecular formula is C20H21FN2O3. The Hall–Kier alpha value is -2.89. The standard InChI is InChI=1S/C20H21FN2O3/c1-26-18-7-3-4-14(13-18)19(24)22-17-8-10-23(11-9-17)20(25)15-5-2-6-16(21)12-15/h2-7,12-13,17H,8-11H2,1H3,(H,22,24). The Morgan fingerprint density at radius 1 is 1.08 bits per heavy atom. The van der Waals surface area contributed by atoms with Crippen molar-refractivity contribution in [2.45, 2.75) is 18.9 Å². The number of piperidine rings is 1. The first-order chi connectivity index (χ1) is 12.6. The summed E-state index contributed by atoms with van der Waals surface area (Å²) in [6, 6.07) is 12.7. The number of rotatable bonds is 4. The van der Waals surface area contributed by atoms with E-state index in [9.17, 15) is 14.0 Å². The van der Waals surface area contributed by atoms with Gasteiger partial charge in [0.05, 0.1) is 7.11 Å². The number of likely N-dealkylation sites (tertiary alicyclic amines) is 1. The number of hydrogen-bond acceptors (Lipinski definition) is 3. The summed E-state index contributed by atoms with van der Waals surface area (Å²) in [6.07, 6.45) is 1.33. The summed E-state index contributed by atoms with van der Waals surface area (Å²) in [7, 11) is 1.56. The molecule has 1 saturated heterocycles. The van der Waals surface area contributed by atoms with Crippen molar-refractivity contribution in [3.8, 4) is 5.75 Å². The van der Waals surface area contributed by atoms with Crippen LogP contribution in [0.3, 0.4) is 0 Å². The minimum absolute atomic E-state index is 0.00487. The maximum absolute atomic E-state index is 13.3. The first-order valence-electron chi connectivity index (χ1n) is 8.56. The Morgan fingerprint density at radius 2 is 1.77 bits per heavy atom. The minimum Gasteiger partial charge on any atom is -0.497 e. The number of carbonyl (C=O) groups is 2. The molecule has 0 aliphatic carbocycles. The molecule has 0 saturated carbocycles. The van der Waals surface area contributed by atoms with E-state index in [2.05, 4.69) is 5.32 Å². The van der Waals surface area contributed by atoms with Crippen LogP contribution < -0.4 is 10.1 Å². The van der Waals surface area contributed by atoms with Crippen molar-refractivity contribution in [1.82, 2.24) is 10.2 Å². The van der Waals surface area contributed by atoms with Gasteiger partial charge in [0.1, 0.15) is 11.6 Å². The molecule has 3 rings (SSSR count). The molecule has 0 spiro atoms. The summed E-state index contributed by atoms with van der Waals surface area (Å²) in [6.45, 7) is 1.05. The van der Waals surface area contributed by atoms with Gasteiger partial charge in [0.15, 0.2) is 0 Å². The molecule has 0 radical (unpaired) electrons. The monoisotopic (exact) mass is 356 g/mol. The highest BCUT2D eigenvalue weighted by Crippen LogP contribution is 2.17. The minimum atomic E-state index is -0.420. The number of ether oxygens (including phenoxy) is 1. The molecule has 0 aromatic heterocycles. The van der Waals surface area contributed by atoms with Crippen molar-refractivity contribution in [1.29, 1.82) is 0 Å². The van der Waals surface area contributed by atoms with E-state index in [-0.39, 0.29) is 17.9 Å². The number of amides is 2. The van der Waals surface area contributed by atoms with Gasteiger partial charge in [-0.25, -0.2) is 4.39 Å². The van der Waals surface area contributed by atoms with Crippen LogP contribution in [0.1, 0.15) is 33.6 Å². The van der Waals surface area contributed by atoms with Crippen LogP contribution in [-0.2, 0) is 0 Å². The highest BCUT2D eigenvalue weighted by molar-refractivity contribution is 5.95. The second-order valence-electron chi connectivity index (χ2n) is 6.28. The lowest BCUT2D eigenvalue weighted by atomic mass is 10.0. The maximum atomic E-state index is 13.3. The van der Waals surface area contributed by atoms with Crippen LogP contribution >= 0.6 is 0 Å². The molecule has 1 aliphatic heterocycles. The molecule has 2 aromatic rings. The van der Waals surface area contributed by atoms with Crippen molar-refractivity contribution in [2.24, 2.45) is 0 Å². The Morgan fingerprint density at radius 3 is 2.46 bits per heavy atom. The third kappa shape index (κ3) is 4.20. The van der Waals surface area contributed by atoms with Crippen LogP contribution in [0.5, 0.6) is 5.75 Å². The SMILES string of the molecule is COc1cccc(C(=O)NC2CCN(C(=O)c3cccc(F)c3)CC2)c1. The highest BCUT2D eigenvalue weighted by atomic mass is 19.1. The molecule has 1 aliphatic rings. The highest BCUT2D eigenvalue weighted by Gasteiger charge is 2.25. The number of carbonyl (C=O) groups excluding carboxylic acids is 2. The van der Waals surface area contributed by atoms with Crippen LogP contribution in [0.15, 0.2) is 48.5 Å². The second kappa shape index (κ2) is 7.99. The van der Waals surface area contributed by atoms with Gasteiger partial charge in [-0.3, -0.25) is 9.59 Å². The quantitative estimate of drug-likeness (QED) is 0.916. The molecule has 0 atom stereocenters. The van der Waals surface area contributed by atoms with Gasteiger partial charge in [0.25, 0.3) is 11.8 Å². The third-order valence-corrected chi connectivity index (χ3v) is 4.52. The zero-order chi connectivity index (χ0) is 18.5. The van der Waals surface area contributed by atoms with E-state index in [1.54, 1.807) is 42.3 Å². The van der Waals surface area contributed by atoms with Crippen molar-refractivity contribution < 1.29 is 18.7 Å². The predicted octanol–water partition coefficient (Wildman–Crippen LogP) is 2.87. The number of methoxy groups -OCH3 is 1. The van der Waals surface area contributed by atoms with Crippen molar-refractivity contribution in [2.75, 3.05) is 20.2 Å². The van der Waals surface area contributed by atoms with Gasteiger partial charge in [-0.1, -0.05) is 12.1 Å². The lowest BCUT2D eigenvalue weighted by Gasteiger charge is -2.32. The van der Waals surface area contributed by atoms with E-state index >= 15 is 0 Å². The van der Waals surface area contributed by atoms with E-state index in [0.29, 0.717) is 42.8 Å². The van der Waals surface area contributed by atoms with E-state index in [1.165, 1.54) is 18.2 Å². The lowest BCUT2D eigenvalue weighted by Crippen LogP contribution is -2.46. The average molecular weight is 356 g/mol. The van der Waals surface area contributed by atoms with Crippen LogP contribution in [0, 0.1) is 5.82 Å². The molecule has 0 unspecified atom stereocenters. The summed E-state index contributed by atoms with van der Waals surface area (Å²) in [5.74, 6) is -0.120. The Labute approximate surface area is 151 Å². The molecule has 6 heteroatoms. The van der Waals surface area contributed by atoms with E-state index < -0.39 is 5.82 Å². The summed E-state index contributed by atoms with van der Waals surface area (Å²) >= 11 is 0. The van der Waals surface area contributed by atoms with Gasteiger partial charge in [0.2, 0.25) is 0 Å². The molecule has 1 N–H and O–H groups in total. The summed E-state index contributed by atoms with van der Waals surface area (Å²) in [4.78, 5) is 26.5. The number of halogens is 1. The largest absolute Gasteiger partial charge is 0.497 e. The van der Waals surface area contributed by atoms with E-state index in [0.717, 1.165) is 0 Å². The van der Waals surface area contributed by atoms with Gasteiger partial charge in [-0.15, -0.1) is 0 Å². The zero-order valence-electron chi connectivity index (χ0n) is 14.6. The lowest BCUT2D eigenvalue weighted by molar-refractivity contribution is 0.0697. The first kappa shape index (κ1) is 17.9. The second-order valence-corrected chi connectivity index (χ2v) is 6.28. The number of nitrogens with zero attached hydrogens (tertiary/aromatic N) is 1. The van der Waals surface area contributed by atoms with E-state index in [4.69, 9.17) is 4.74 Å². The van der Waals surface area contributed by atoms with E-state index in [1.807, 2.05) is 0 Å². The molecule has 1 fully saturated rings. The molecule has 136 valence electrons. The molecule has 2 amide bonds. The fourth-order valence-corrected chi connectivity index (χ4v) is 3.06. The zero-order valence-corrected chi connectivity index (χ0v) is 14.6. The predicted molar refractivity (Wildman–Crippen MR) is 95.8 cm³/mol. The Bertz CT molecular complexity index is 801. The number of nitrogens with one attached hydrogen (secondary N) is 1. The number of benzene rings is 2. The van der Waals surface area contributed by atoms with Crippen LogP contribution in [0.2, 0.25) is 0 Å². The molecule has 1 heterocycles. The van der Waals surface area contributed by atoms with Gasteiger partial charge >= 0.3 is 0 Å². The molecule has 0 bridgehead atoms. The Kier molecular flexibility index (Phi) is 5.51. The summed E-state index contributed by atoms with van der Waals surface area (Å²) in [5.41, 5.74) is 0.895. The first-order valence-corrected chi connectivity index (χ1v) is 8.56. The van der Waals surface area contributed by atoms with Gasteiger partial charge in [-0.2, -0.15) is 0 Å². The smallest absolute Gasteiger partial charge is 0.253 e. The normalized spacial score (nSPS) is 14.8. The maximum Gasteiger partial charge on any atom is 0.253 e. The summed E-state index contributed by atoms with van der Waals surface area (Å²) in [5, 5.41) is 3.00. The fraction of sp³-hybridized carbons (Fsp3) is 0.300. The Balaban J connectivity index is 1.55. The fourth-order valence-electron chi connectivity index (χ4n) is 3.06. The average Bonchev–Trinajstić information content (AvgIpc) is 2.68. The molecular weight excluding hydrogens is 335 g/mol. The molecule has 5 nitrogen and oxygen atoms in total. The van der Waals surface area contributed by atoms with Crippen molar-refractivity contribution >= 4 is 11.8 Å². The molecule has 26 heavy (non-hydrogen) atoms. The van der Waals surface area contributed by atoms with Crippen LogP contribution in [0.25, 0.3) is 0 Å². The summed E-state index contributed by atoms with van der Waals surface area (Å²) < 4.78 is 18.4. The van der Waals surface area contributed by atoms with Crippen molar-refractivity contribution in [3.63, 3.8) is 0 Å².